The van der Waals surface area contributed by atoms with Gasteiger partial charge in [-0.1, -0.05) is 0 Å². The molecule has 1 aliphatic heterocycles. The minimum Gasteiger partial charge on any atom is -0.497 e. The van der Waals surface area contributed by atoms with Crippen LogP contribution in [0.2, 0.25) is 0 Å². The first-order chi connectivity index (χ1) is 9.56. The van der Waals surface area contributed by atoms with Gasteiger partial charge in [0.25, 0.3) is 5.91 Å². The summed E-state index contributed by atoms with van der Waals surface area (Å²) >= 11 is 0. The number of nitrogen functional groups attached to an aromatic ring is 1. The van der Waals surface area contributed by atoms with Crippen LogP contribution in [0.3, 0.4) is 0 Å². The van der Waals surface area contributed by atoms with Gasteiger partial charge in [0.2, 0.25) is 0 Å². The number of hydrogen-bond acceptors (Lipinski definition) is 5. The quantitative estimate of drug-likeness (QED) is 0.821. The molecule has 1 aromatic carbocycles. The largest absolute Gasteiger partial charge is 0.497 e. The van der Waals surface area contributed by atoms with Crippen LogP contribution >= 0.6 is 0 Å². The highest BCUT2D eigenvalue weighted by atomic mass is 32.2. The van der Waals surface area contributed by atoms with Gasteiger partial charge in [0.15, 0.2) is 0 Å². The van der Waals surface area contributed by atoms with Crippen molar-refractivity contribution in [1.29, 1.82) is 0 Å². The highest BCUT2D eigenvalue weighted by Crippen LogP contribution is 2.31. The number of benzene rings is 1. The maximum atomic E-state index is 12.5. The fourth-order valence-electron chi connectivity index (χ4n) is 2.08. The molecule has 1 heterocycles. The van der Waals surface area contributed by atoms with E-state index in [0.717, 1.165) is 0 Å². The summed E-state index contributed by atoms with van der Waals surface area (Å²) in [4.78, 5) is 14.2. The second kappa shape index (κ2) is 6.13. The highest BCUT2D eigenvalue weighted by Gasteiger charge is 2.24. The molecule has 0 aromatic heterocycles. The molecule has 0 saturated carbocycles. The number of ether oxygens (including phenoxy) is 2. The van der Waals surface area contributed by atoms with E-state index >= 15 is 0 Å². The third kappa shape index (κ3) is 2.87. The number of nitrogens with zero attached hydrogens (tertiary/aromatic N) is 1. The Morgan fingerprint density at radius 1 is 1.25 bits per heavy atom. The van der Waals surface area contributed by atoms with E-state index in [4.69, 9.17) is 15.2 Å². The number of carbonyl (C=O) groups excluding carboxylic acids is 1. The average Bonchev–Trinajstić information content (AvgIpc) is 2.47. The maximum absolute atomic E-state index is 12.5. The van der Waals surface area contributed by atoms with E-state index in [-0.39, 0.29) is 5.91 Å². The van der Waals surface area contributed by atoms with Crippen LogP contribution < -0.4 is 15.2 Å². The van der Waals surface area contributed by atoms with Gasteiger partial charge in [0.05, 0.1) is 25.5 Å². The summed E-state index contributed by atoms with van der Waals surface area (Å²) in [5.74, 6) is 1.75. The van der Waals surface area contributed by atoms with Crippen molar-refractivity contribution in [2.75, 3.05) is 44.5 Å². The fraction of sp³-hybridized carbons (Fsp3) is 0.462. The molecule has 2 N–H and O–H groups in total. The second-order valence-electron chi connectivity index (χ2n) is 4.43. The van der Waals surface area contributed by atoms with Crippen molar-refractivity contribution in [2.24, 2.45) is 0 Å². The van der Waals surface area contributed by atoms with Crippen LogP contribution in [0, 0.1) is 0 Å². The van der Waals surface area contributed by atoms with Crippen molar-refractivity contribution in [3.63, 3.8) is 0 Å². The summed E-state index contributed by atoms with van der Waals surface area (Å²) in [6.07, 6.45) is 0. The lowest BCUT2D eigenvalue weighted by atomic mass is 10.1. The van der Waals surface area contributed by atoms with Crippen molar-refractivity contribution in [2.45, 2.75) is 0 Å². The SMILES string of the molecule is COc1cc(OC)c(N)c(C(=O)N2CCS(=O)CC2)c1. The lowest BCUT2D eigenvalue weighted by molar-refractivity contribution is 0.0771. The van der Waals surface area contributed by atoms with Crippen molar-refractivity contribution >= 4 is 22.4 Å². The summed E-state index contributed by atoms with van der Waals surface area (Å²) in [6, 6.07) is 3.24. The molecule has 1 fully saturated rings. The smallest absolute Gasteiger partial charge is 0.256 e. The summed E-state index contributed by atoms with van der Waals surface area (Å²) in [6.45, 7) is 0.953. The molecule has 1 saturated heterocycles. The van der Waals surface area contributed by atoms with Gasteiger partial charge in [-0.2, -0.15) is 0 Å². The predicted molar refractivity (Wildman–Crippen MR) is 77.7 cm³/mol. The third-order valence-corrected chi connectivity index (χ3v) is 4.54. The topological polar surface area (TPSA) is 81.9 Å². The van der Waals surface area contributed by atoms with Gasteiger partial charge in [-0.3, -0.25) is 9.00 Å². The van der Waals surface area contributed by atoms with Gasteiger partial charge < -0.3 is 20.1 Å². The molecule has 7 heteroatoms. The molecule has 0 radical (unpaired) electrons. The molecule has 1 aliphatic rings. The first kappa shape index (κ1) is 14.6. The highest BCUT2D eigenvalue weighted by molar-refractivity contribution is 7.85. The first-order valence-corrected chi connectivity index (χ1v) is 7.71. The molecular weight excluding hydrogens is 280 g/mol. The molecule has 0 aliphatic carbocycles. The van der Waals surface area contributed by atoms with Crippen molar-refractivity contribution in [3.05, 3.63) is 17.7 Å². The van der Waals surface area contributed by atoms with Gasteiger partial charge in [-0.15, -0.1) is 0 Å². The van der Waals surface area contributed by atoms with E-state index in [2.05, 4.69) is 0 Å². The van der Waals surface area contributed by atoms with Crippen LogP contribution in [0.4, 0.5) is 5.69 Å². The second-order valence-corrected chi connectivity index (χ2v) is 6.13. The zero-order valence-electron chi connectivity index (χ0n) is 11.5. The number of rotatable bonds is 3. The number of nitrogens with two attached hydrogens (primary N) is 1. The molecule has 110 valence electrons. The Kier molecular flexibility index (Phi) is 4.49. The van der Waals surface area contributed by atoms with Crippen LogP contribution in [0.5, 0.6) is 11.5 Å². The van der Waals surface area contributed by atoms with Gasteiger partial charge >= 0.3 is 0 Å². The van der Waals surface area contributed by atoms with Crippen molar-refractivity contribution < 1.29 is 18.5 Å². The number of anilines is 1. The van der Waals surface area contributed by atoms with Crippen molar-refractivity contribution in [3.8, 4) is 11.5 Å². The molecule has 1 aromatic rings. The lowest BCUT2D eigenvalue weighted by Gasteiger charge is -2.27. The van der Waals surface area contributed by atoms with Gasteiger partial charge in [0, 0.05) is 41.5 Å². The normalized spacial score (nSPS) is 16.0. The Labute approximate surface area is 120 Å². The van der Waals surface area contributed by atoms with Crippen molar-refractivity contribution in [1.82, 2.24) is 4.90 Å². The summed E-state index contributed by atoms with van der Waals surface area (Å²) in [7, 11) is 2.18. The van der Waals surface area contributed by atoms with E-state index in [1.165, 1.54) is 14.2 Å². The van der Waals surface area contributed by atoms with Gasteiger partial charge in [-0.05, 0) is 6.07 Å². The molecule has 1 amide bonds. The fourth-order valence-corrected chi connectivity index (χ4v) is 3.13. The minimum absolute atomic E-state index is 0.184. The monoisotopic (exact) mass is 298 g/mol. The number of hydrogen-bond donors (Lipinski definition) is 1. The van der Waals surface area contributed by atoms with E-state index < -0.39 is 10.8 Å². The summed E-state index contributed by atoms with van der Waals surface area (Å²) in [5, 5.41) is 0. The molecular formula is C13H18N2O4S. The van der Waals surface area contributed by atoms with Crippen LogP contribution in [-0.2, 0) is 10.8 Å². The maximum Gasteiger partial charge on any atom is 0.256 e. The van der Waals surface area contributed by atoms with E-state index in [9.17, 15) is 9.00 Å². The summed E-state index contributed by atoms with van der Waals surface area (Å²) < 4.78 is 21.7. The Hall–Kier alpha value is -1.76. The molecule has 0 bridgehead atoms. The van der Waals surface area contributed by atoms with Gasteiger partial charge in [-0.25, -0.2) is 0 Å². The Bertz CT molecular complexity index is 537. The Balaban J connectivity index is 2.31. The molecule has 20 heavy (non-hydrogen) atoms. The Morgan fingerprint density at radius 3 is 2.45 bits per heavy atom. The van der Waals surface area contributed by atoms with E-state index in [0.29, 0.717) is 47.3 Å². The predicted octanol–water partition coefficient (Wildman–Crippen LogP) is 0.490. The molecule has 0 atom stereocenters. The molecule has 6 nitrogen and oxygen atoms in total. The van der Waals surface area contributed by atoms with Crippen LogP contribution in [0.25, 0.3) is 0 Å². The third-order valence-electron chi connectivity index (χ3n) is 3.27. The van der Waals surface area contributed by atoms with E-state index in [1.54, 1.807) is 17.0 Å². The minimum atomic E-state index is -0.826. The molecule has 0 spiro atoms. The zero-order chi connectivity index (χ0) is 14.7. The average molecular weight is 298 g/mol. The summed E-state index contributed by atoms with van der Waals surface area (Å²) in [5.41, 5.74) is 6.62. The zero-order valence-corrected chi connectivity index (χ0v) is 12.4. The lowest BCUT2D eigenvalue weighted by Crippen LogP contribution is -2.42. The van der Waals surface area contributed by atoms with E-state index in [1.807, 2.05) is 0 Å². The number of methoxy groups -OCH3 is 2. The molecule has 2 rings (SSSR count). The molecule has 0 unspecified atom stereocenters. The standard InChI is InChI=1S/C13H18N2O4S/c1-18-9-7-10(12(14)11(8-9)19-2)13(16)15-3-5-20(17)6-4-15/h7-8H,3-6,14H2,1-2H3. The first-order valence-electron chi connectivity index (χ1n) is 6.22. The Morgan fingerprint density at radius 2 is 1.90 bits per heavy atom. The van der Waals surface area contributed by atoms with Crippen LogP contribution in [-0.4, -0.2) is 53.8 Å². The number of carbonyl (C=O) groups is 1. The van der Waals surface area contributed by atoms with Crippen LogP contribution in [0.1, 0.15) is 10.4 Å². The number of amides is 1. The van der Waals surface area contributed by atoms with Crippen LogP contribution in [0.15, 0.2) is 12.1 Å². The van der Waals surface area contributed by atoms with Gasteiger partial charge in [0.1, 0.15) is 11.5 Å².